The van der Waals surface area contributed by atoms with E-state index in [9.17, 15) is 0 Å². The van der Waals surface area contributed by atoms with Crippen molar-refractivity contribution in [2.24, 2.45) is 0 Å². The summed E-state index contributed by atoms with van der Waals surface area (Å²) >= 11 is 0. The van der Waals surface area contributed by atoms with Crippen LogP contribution in [-0.2, 0) is 11.3 Å². The molecule has 2 heterocycles. The molecule has 6 rings (SSSR count). The van der Waals surface area contributed by atoms with Gasteiger partial charge >= 0.3 is 0 Å². The molecule has 0 saturated carbocycles. The lowest BCUT2D eigenvalue weighted by atomic mass is 9.89. The lowest BCUT2D eigenvalue weighted by molar-refractivity contribution is 0.0259. The van der Waals surface area contributed by atoms with Gasteiger partial charge in [-0.3, -0.25) is 4.84 Å². The van der Waals surface area contributed by atoms with Gasteiger partial charge in [0.25, 0.3) is 0 Å². The maximum atomic E-state index is 7.01. The average molecular weight is 517 g/mol. The van der Waals surface area contributed by atoms with Gasteiger partial charge in [0.15, 0.2) is 0 Å². The first-order valence-corrected chi connectivity index (χ1v) is 13.2. The number of hydroxylamine groups is 1. The Morgan fingerprint density at radius 1 is 0.718 bits per heavy atom. The van der Waals surface area contributed by atoms with Crippen LogP contribution < -0.4 is 14.6 Å². The van der Waals surface area contributed by atoms with Gasteiger partial charge in [0.2, 0.25) is 0 Å². The second-order valence-corrected chi connectivity index (χ2v) is 9.72. The number of fused-ring (bicyclic) bond motifs is 1. The van der Waals surface area contributed by atoms with Gasteiger partial charge in [0.05, 0.1) is 24.2 Å². The fourth-order valence-corrected chi connectivity index (χ4v) is 5.65. The number of hydrogen-bond acceptors (Lipinski definition) is 4. The first kappa shape index (κ1) is 24.8. The van der Waals surface area contributed by atoms with E-state index < -0.39 is 0 Å². The molecule has 0 fully saturated rings. The van der Waals surface area contributed by atoms with Gasteiger partial charge in [-0.25, -0.2) is 5.06 Å². The smallest absolute Gasteiger partial charge is 0.118 e. The van der Waals surface area contributed by atoms with Crippen LogP contribution >= 0.6 is 0 Å². The number of nitrogens with zero attached hydrogens (tertiary/aromatic N) is 2. The van der Waals surface area contributed by atoms with Gasteiger partial charge in [-0.1, -0.05) is 78.9 Å². The van der Waals surface area contributed by atoms with E-state index >= 15 is 0 Å². The Labute approximate surface area is 229 Å². The Kier molecular flexibility index (Phi) is 6.82. The third-order valence-electron chi connectivity index (χ3n) is 7.51. The first-order valence-electron chi connectivity index (χ1n) is 13.2. The van der Waals surface area contributed by atoms with Crippen LogP contribution in [0.25, 0.3) is 11.3 Å². The zero-order valence-corrected chi connectivity index (χ0v) is 22.5. The molecule has 0 amide bonds. The van der Waals surface area contributed by atoms with Crippen LogP contribution in [-0.4, -0.2) is 19.0 Å². The number of anilines is 1. The number of benzene rings is 4. The molecule has 0 unspecified atom stereocenters. The van der Waals surface area contributed by atoms with Gasteiger partial charge in [0, 0.05) is 17.5 Å². The quantitative estimate of drug-likeness (QED) is 0.236. The summed E-state index contributed by atoms with van der Waals surface area (Å²) in [5.74, 6) is 0.815. The summed E-state index contributed by atoms with van der Waals surface area (Å²) < 4.78 is 7.43. The van der Waals surface area contributed by atoms with Crippen LogP contribution in [0.15, 0.2) is 115 Å². The van der Waals surface area contributed by atoms with Crippen molar-refractivity contribution in [3.63, 3.8) is 0 Å². The van der Waals surface area contributed by atoms with Crippen LogP contribution in [0.1, 0.15) is 40.1 Å². The third-order valence-corrected chi connectivity index (χ3v) is 7.51. The summed E-state index contributed by atoms with van der Waals surface area (Å²) in [6.07, 6.45) is 0.520. The standard InChI is InChI=1S/C34H32N2O3/c1-24-30-23-31(25-13-7-4-8-14-25)39-36(28-17-11-6-12-18-28)34(26-15-9-5-10-16-26)32(30)33(35(24)38-3)27-19-21-29(37-2)22-20-27/h4-22,31,34H,23H2,1-3H3/t31-,34-/m1/s1. The highest BCUT2D eigenvalue weighted by atomic mass is 16.7. The van der Waals surface area contributed by atoms with Crippen LogP contribution in [0.5, 0.6) is 5.75 Å². The maximum Gasteiger partial charge on any atom is 0.118 e. The summed E-state index contributed by atoms with van der Waals surface area (Å²) in [5.41, 5.74) is 8.79. The van der Waals surface area contributed by atoms with E-state index in [2.05, 4.69) is 103 Å². The van der Waals surface area contributed by atoms with Crippen LogP contribution in [0.4, 0.5) is 5.69 Å². The van der Waals surface area contributed by atoms with E-state index in [1.165, 1.54) is 11.1 Å². The van der Waals surface area contributed by atoms with E-state index in [0.717, 1.165) is 39.5 Å². The zero-order valence-electron chi connectivity index (χ0n) is 22.5. The van der Waals surface area contributed by atoms with E-state index in [4.69, 9.17) is 14.4 Å². The second-order valence-electron chi connectivity index (χ2n) is 9.72. The summed E-state index contributed by atoms with van der Waals surface area (Å²) in [4.78, 5) is 13.1. The minimum Gasteiger partial charge on any atom is -0.497 e. The summed E-state index contributed by atoms with van der Waals surface area (Å²) in [5, 5.41) is 2.09. The highest BCUT2D eigenvalue weighted by Gasteiger charge is 2.39. The Balaban J connectivity index is 1.66. The minimum atomic E-state index is -0.218. The molecule has 5 nitrogen and oxygen atoms in total. The maximum absolute atomic E-state index is 7.01. The van der Waals surface area contributed by atoms with E-state index in [-0.39, 0.29) is 12.1 Å². The van der Waals surface area contributed by atoms with Crippen molar-refractivity contribution in [1.82, 2.24) is 4.73 Å². The molecule has 1 aliphatic rings. The number of rotatable bonds is 6. The summed E-state index contributed by atoms with van der Waals surface area (Å²) in [6.45, 7) is 2.14. The SMILES string of the molecule is COc1ccc(-c2c3c(c(C)n2OC)C[C@H](c2ccccc2)ON(c2ccccc2)[C@@H]3c2ccccc2)cc1. The van der Waals surface area contributed by atoms with Crippen molar-refractivity contribution in [2.75, 3.05) is 19.3 Å². The molecule has 39 heavy (non-hydrogen) atoms. The predicted molar refractivity (Wildman–Crippen MR) is 155 cm³/mol. The van der Waals surface area contributed by atoms with Gasteiger partial charge < -0.3 is 9.57 Å². The Morgan fingerprint density at radius 2 is 1.31 bits per heavy atom. The number of methoxy groups -OCH3 is 1. The van der Waals surface area contributed by atoms with Crippen molar-refractivity contribution >= 4 is 5.69 Å². The Bertz CT molecular complexity index is 1530. The van der Waals surface area contributed by atoms with Crippen molar-refractivity contribution in [1.29, 1.82) is 0 Å². The van der Waals surface area contributed by atoms with Gasteiger partial charge in [-0.15, -0.1) is 0 Å². The molecule has 1 aromatic heterocycles. The fourth-order valence-electron chi connectivity index (χ4n) is 5.65. The lowest BCUT2D eigenvalue weighted by Crippen LogP contribution is -2.30. The van der Waals surface area contributed by atoms with Crippen molar-refractivity contribution in [3.8, 4) is 17.0 Å². The molecule has 2 atom stereocenters. The minimum absolute atomic E-state index is 0.186. The van der Waals surface area contributed by atoms with E-state index in [1.54, 1.807) is 14.2 Å². The van der Waals surface area contributed by atoms with Gasteiger partial charge in [0.1, 0.15) is 25.0 Å². The molecule has 0 radical (unpaired) electrons. The fraction of sp³-hybridized carbons (Fsp3) is 0.176. The number of hydrogen-bond donors (Lipinski definition) is 0. The molecular formula is C34H32N2O3. The highest BCUT2D eigenvalue weighted by molar-refractivity contribution is 5.72. The molecule has 0 aliphatic carbocycles. The van der Waals surface area contributed by atoms with E-state index in [0.29, 0.717) is 6.42 Å². The largest absolute Gasteiger partial charge is 0.497 e. The number of para-hydroxylation sites is 1. The molecule has 0 N–H and O–H groups in total. The molecule has 5 heteroatoms. The molecule has 4 aromatic carbocycles. The van der Waals surface area contributed by atoms with Crippen LogP contribution in [0.3, 0.4) is 0 Å². The zero-order chi connectivity index (χ0) is 26.8. The molecule has 5 aromatic rings. The van der Waals surface area contributed by atoms with Gasteiger partial charge in [-0.05, 0) is 60.0 Å². The average Bonchev–Trinajstić information content (AvgIpc) is 3.15. The summed E-state index contributed by atoms with van der Waals surface area (Å²) in [7, 11) is 3.42. The molecule has 1 aliphatic heterocycles. The van der Waals surface area contributed by atoms with Crippen LogP contribution in [0, 0.1) is 6.92 Å². The normalized spacial score (nSPS) is 16.8. The van der Waals surface area contributed by atoms with E-state index in [1.807, 2.05) is 29.0 Å². The topological polar surface area (TPSA) is 35.9 Å². The number of aromatic nitrogens is 1. The van der Waals surface area contributed by atoms with Crippen molar-refractivity contribution in [3.05, 3.63) is 143 Å². The Hall–Kier alpha value is -4.48. The summed E-state index contributed by atoms with van der Waals surface area (Å²) in [6, 6.07) is 39.4. The third kappa shape index (κ3) is 4.55. The second kappa shape index (κ2) is 10.7. The lowest BCUT2D eigenvalue weighted by Gasteiger charge is -2.34. The number of ether oxygens (including phenoxy) is 1. The van der Waals surface area contributed by atoms with Crippen LogP contribution in [0.2, 0.25) is 0 Å². The predicted octanol–water partition coefficient (Wildman–Crippen LogP) is 7.36. The highest BCUT2D eigenvalue weighted by Crippen LogP contribution is 2.47. The molecule has 0 saturated heterocycles. The van der Waals surface area contributed by atoms with Crippen molar-refractivity contribution in [2.45, 2.75) is 25.5 Å². The monoisotopic (exact) mass is 516 g/mol. The molecule has 0 bridgehead atoms. The Morgan fingerprint density at radius 3 is 1.90 bits per heavy atom. The van der Waals surface area contributed by atoms with Gasteiger partial charge in [-0.2, -0.15) is 4.73 Å². The molecule has 0 spiro atoms. The van der Waals surface area contributed by atoms with Crippen molar-refractivity contribution < 1.29 is 14.4 Å². The first-order chi connectivity index (χ1) is 19.2. The molecule has 196 valence electrons. The molecular weight excluding hydrogens is 484 g/mol.